The Hall–Kier alpha value is -0.790. The van der Waals surface area contributed by atoms with E-state index < -0.39 is 0 Å². The van der Waals surface area contributed by atoms with Gasteiger partial charge in [-0.2, -0.15) is 0 Å². The average Bonchev–Trinajstić information content (AvgIpc) is 1.61. The van der Waals surface area contributed by atoms with Crippen molar-refractivity contribution in [3.05, 3.63) is 12.3 Å². The molecule has 0 saturated carbocycles. The molecular formula is C5H8O2. The van der Waals surface area contributed by atoms with Crippen molar-refractivity contribution in [2.45, 2.75) is 6.92 Å². The number of methoxy groups -OCH3 is 1. The third-order valence-corrected chi connectivity index (χ3v) is 0.439. The Balaban J connectivity index is 3.26. The fourth-order valence-electron chi connectivity index (χ4n) is 0.164. The van der Waals surface area contributed by atoms with Gasteiger partial charge in [0.15, 0.2) is 5.78 Å². The summed E-state index contributed by atoms with van der Waals surface area (Å²) < 4.78 is 4.45. The van der Waals surface area contributed by atoms with Gasteiger partial charge in [0.2, 0.25) is 0 Å². The van der Waals surface area contributed by atoms with Crippen LogP contribution in [-0.2, 0) is 9.53 Å². The van der Waals surface area contributed by atoms with Crippen LogP contribution in [0.3, 0.4) is 0 Å². The highest BCUT2D eigenvalue weighted by atomic mass is 16.5. The predicted octanol–water partition coefficient (Wildman–Crippen LogP) is 0.736. The minimum absolute atomic E-state index is 0.00171. The van der Waals surface area contributed by atoms with Crippen molar-refractivity contribution >= 4 is 5.78 Å². The van der Waals surface area contributed by atoms with Gasteiger partial charge >= 0.3 is 0 Å². The van der Waals surface area contributed by atoms with Gasteiger partial charge in [-0.1, -0.05) is 0 Å². The second-order valence-corrected chi connectivity index (χ2v) is 1.15. The lowest BCUT2D eigenvalue weighted by atomic mass is 10.4. The normalized spacial score (nSPS) is 9.43. The van der Waals surface area contributed by atoms with Crippen LogP contribution in [0.4, 0.5) is 0 Å². The molecule has 0 aliphatic carbocycles. The SMILES string of the molecule is CO/C=C\C(C)=O. The molecule has 0 aliphatic rings. The molecule has 40 valence electrons. The van der Waals surface area contributed by atoms with Gasteiger partial charge in [0.25, 0.3) is 0 Å². The molecule has 0 atom stereocenters. The summed E-state index contributed by atoms with van der Waals surface area (Å²) in [6.07, 6.45) is 2.71. The zero-order valence-corrected chi connectivity index (χ0v) is 4.47. The number of ketones is 1. The second-order valence-electron chi connectivity index (χ2n) is 1.15. The number of rotatable bonds is 2. The summed E-state index contributed by atoms with van der Waals surface area (Å²) in [4.78, 5) is 10.0. The van der Waals surface area contributed by atoms with Crippen molar-refractivity contribution in [3.63, 3.8) is 0 Å². The lowest BCUT2D eigenvalue weighted by Crippen LogP contribution is -1.79. The number of carbonyl (C=O) groups is 1. The molecule has 0 saturated heterocycles. The Morgan fingerprint density at radius 3 is 2.43 bits per heavy atom. The van der Waals surface area contributed by atoms with Crippen LogP contribution in [0, 0.1) is 0 Å². The molecule has 0 aromatic carbocycles. The van der Waals surface area contributed by atoms with Gasteiger partial charge in [-0.05, 0) is 6.92 Å². The quantitative estimate of drug-likeness (QED) is 0.378. The number of ether oxygens (including phenoxy) is 1. The smallest absolute Gasteiger partial charge is 0.155 e. The van der Waals surface area contributed by atoms with E-state index in [0.717, 1.165) is 0 Å². The monoisotopic (exact) mass is 100 g/mol. The highest BCUT2D eigenvalue weighted by Crippen LogP contribution is 1.72. The summed E-state index contributed by atoms with van der Waals surface area (Å²) in [6.45, 7) is 1.47. The van der Waals surface area contributed by atoms with Crippen molar-refractivity contribution < 1.29 is 9.53 Å². The van der Waals surface area contributed by atoms with E-state index in [2.05, 4.69) is 4.74 Å². The number of allylic oxidation sites excluding steroid dienone is 1. The third-order valence-electron chi connectivity index (χ3n) is 0.439. The molecule has 0 unspecified atom stereocenters. The third kappa shape index (κ3) is 5.21. The van der Waals surface area contributed by atoms with E-state index in [1.54, 1.807) is 0 Å². The Bertz CT molecular complexity index is 84.1. The largest absolute Gasteiger partial charge is 0.504 e. The van der Waals surface area contributed by atoms with Gasteiger partial charge < -0.3 is 4.74 Å². The summed E-state index contributed by atoms with van der Waals surface area (Å²) >= 11 is 0. The van der Waals surface area contributed by atoms with Gasteiger partial charge in [-0.25, -0.2) is 0 Å². The van der Waals surface area contributed by atoms with E-state index in [0.29, 0.717) is 0 Å². The van der Waals surface area contributed by atoms with Crippen LogP contribution in [0.2, 0.25) is 0 Å². The first kappa shape index (κ1) is 6.21. The van der Waals surface area contributed by atoms with Crippen molar-refractivity contribution in [2.24, 2.45) is 0 Å². The second kappa shape index (κ2) is 3.40. The van der Waals surface area contributed by atoms with Crippen LogP contribution < -0.4 is 0 Å². The molecule has 7 heavy (non-hydrogen) atoms. The number of hydrogen-bond acceptors (Lipinski definition) is 2. The van der Waals surface area contributed by atoms with Crippen LogP contribution >= 0.6 is 0 Å². The van der Waals surface area contributed by atoms with Crippen LogP contribution in [0.1, 0.15) is 6.92 Å². The van der Waals surface area contributed by atoms with Gasteiger partial charge in [-0.15, -0.1) is 0 Å². The highest BCUT2D eigenvalue weighted by molar-refractivity contribution is 5.86. The molecule has 0 aliphatic heterocycles. The van der Waals surface area contributed by atoms with E-state index in [9.17, 15) is 4.79 Å². The molecule has 0 aromatic rings. The number of hydrogen-bond donors (Lipinski definition) is 0. The Kier molecular flexibility index (Phi) is 3.02. The summed E-state index contributed by atoms with van der Waals surface area (Å²) in [7, 11) is 1.50. The van der Waals surface area contributed by atoms with Crippen LogP contribution in [-0.4, -0.2) is 12.9 Å². The molecule has 2 nitrogen and oxygen atoms in total. The standard InChI is InChI=1S/C5H8O2/c1-5(6)3-4-7-2/h3-4H,1-2H3/b4-3-. The van der Waals surface area contributed by atoms with Gasteiger partial charge in [-0.3, -0.25) is 4.79 Å². The lowest BCUT2D eigenvalue weighted by molar-refractivity contribution is -0.112. The molecule has 0 fully saturated rings. The van der Waals surface area contributed by atoms with Gasteiger partial charge in [0.05, 0.1) is 13.4 Å². The maximum absolute atomic E-state index is 10.0. The summed E-state index contributed by atoms with van der Waals surface area (Å²) in [5.41, 5.74) is 0. The molecule has 0 amide bonds. The van der Waals surface area contributed by atoms with Crippen LogP contribution in [0.25, 0.3) is 0 Å². The first-order valence-corrected chi connectivity index (χ1v) is 1.97. The summed E-state index contributed by atoms with van der Waals surface area (Å²) in [6, 6.07) is 0. The molecule has 0 N–H and O–H groups in total. The van der Waals surface area contributed by atoms with Crippen molar-refractivity contribution in [1.82, 2.24) is 0 Å². The Labute approximate surface area is 42.8 Å². The van der Waals surface area contributed by atoms with E-state index in [-0.39, 0.29) is 5.78 Å². The van der Waals surface area contributed by atoms with Gasteiger partial charge in [0, 0.05) is 6.08 Å². The van der Waals surface area contributed by atoms with E-state index in [4.69, 9.17) is 0 Å². The summed E-state index contributed by atoms with van der Waals surface area (Å²) in [5.74, 6) is 0.00171. The molecule has 0 bridgehead atoms. The fourth-order valence-corrected chi connectivity index (χ4v) is 0.164. The van der Waals surface area contributed by atoms with Crippen molar-refractivity contribution in [3.8, 4) is 0 Å². The van der Waals surface area contributed by atoms with Gasteiger partial charge in [0.1, 0.15) is 0 Å². The first-order valence-electron chi connectivity index (χ1n) is 1.97. The molecule has 0 rings (SSSR count). The highest BCUT2D eigenvalue weighted by Gasteiger charge is 1.76. The zero-order valence-electron chi connectivity index (χ0n) is 4.47. The van der Waals surface area contributed by atoms with Crippen LogP contribution in [0.15, 0.2) is 12.3 Å². The van der Waals surface area contributed by atoms with E-state index in [1.807, 2.05) is 0 Å². The molecule has 0 aromatic heterocycles. The number of carbonyl (C=O) groups excluding carboxylic acids is 1. The molecule has 0 spiro atoms. The topological polar surface area (TPSA) is 26.3 Å². The Morgan fingerprint density at radius 2 is 2.29 bits per heavy atom. The molecular weight excluding hydrogens is 92.1 g/mol. The maximum atomic E-state index is 10.0. The minimum Gasteiger partial charge on any atom is -0.504 e. The molecule has 0 radical (unpaired) electrons. The average molecular weight is 100 g/mol. The molecule has 0 heterocycles. The van der Waals surface area contributed by atoms with E-state index in [1.165, 1.54) is 26.4 Å². The predicted molar refractivity (Wildman–Crippen MR) is 26.8 cm³/mol. The fraction of sp³-hybridized carbons (Fsp3) is 0.400. The summed E-state index contributed by atoms with van der Waals surface area (Å²) in [5, 5.41) is 0. The zero-order chi connectivity index (χ0) is 5.70. The Morgan fingerprint density at radius 1 is 1.71 bits per heavy atom. The van der Waals surface area contributed by atoms with Crippen LogP contribution in [0.5, 0.6) is 0 Å². The maximum Gasteiger partial charge on any atom is 0.155 e. The first-order chi connectivity index (χ1) is 3.27. The lowest BCUT2D eigenvalue weighted by Gasteiger charge is -1.80. The molecule has 2 heteroatoms. The van der Waals surface area contributed by atoms with E-state index >= 15 is 0 Å². The van der Waals surface area contributed by atoms with Crippen molar-refractivity contribution in [2.75, 3.05) is 7.11 Å². The minimum atomic E-state index is 0.00171. The van der Waals surface area contributed by atoms with Crippen molar-refractivity contribution in [1.29, 1.82) is 0 Å².